The Labute approximate surface area is 243 Å². The maximum Gasteiger partial charge on any atom is 0.339 e. The average molecular weight is 588 g/mol. The van der Waals surface area contributed by atoms with Crippen LogP contribution in [0.15, 0.2) is 100 Å². The van der Waals surface area contributed by atoms with E-state index in [1.807, 2.05) is 16.8 Å². The quantitative estimate of drug-likeness (QED) is 0.0912. The van der Waals surface area contributed by atoms with E-state index in [0.717, 1.165) is 10.5 Å². The van der Waals surface area contributed by atoms with Gasteiger partial charge < -0.3 is 26.2 Å². The van der Waals surface area contributed by atoms with Crippen molar-refractivity contribution in [1.29, 1.82) is 0 Å². The third kappa shape index (κ3) is 8.07. The van der Waals surface area contributed by atoms with Gasteiger partial charge >= 0.3 is 5.97 Å². The van der Waals surface area contributed by atoms with Crippen molar-refractivity contribution in [3.8, 4) is 5.75 Å². The largest absolute Gasteiger partial charge is 0.507 e. The molecule has 208 valence electrons. The lowest BCUT2D eigenvalue weighted by Crippen LogP contribution is -2.30. The summed E-state index contributed by atoms with van der Waals surface area (Å²) in [7, 11) is 0. The van der Waals surface area contributed by atoms with E-state index in [9.17, 15) is 24.3 Å². The van der Waals surface area contributed by atoms with Gasteiger partial charge in [0.05, 0.1) is 5.25 Å². The fraction of sp³-hybridized carbons (Fsp3) is 0.0667. The van der Waals surface area contributed by atoms with Gasteiger partial charge in [0.25, 0.3) is 11.8 Å². The predicted molar refractivity (Wildman–Crippen MR) is 160 cm³/mol. The van der Waals surface area contributed by atoms with Gasteiger partial charge in [-0.05, 0) is 90.0 Å². The number of anilines is 2. The highest BCUT2D eigenvalue weighted by Gasteiger charge is 2.18. The maximum absolute atomic E-state index is 13.1. The number of amides is 3. The van der Waals surface area contributed by atoms with Crippen LogP contribution < -0.4 is 16.0 Å². The average Bonchev–Trinajstić information content (AvgIpc) is 3.48. The van der Waals surface area contributed by atoms with E-state index in [4.69, 9.17) is 5.11 Å². The lowest BCUT2D eigenvalue weighted by atomic mass is 10.2. The van der Waals surface area contributed by atoms with Crippen molar-refractivity contribution in [2.75, 3.05) is 10.6 Å². The molecule has 0 aliphatic carbocycles. The van der Waals surface area contributed by atoms with E-state index in [0.29, 0.717) is 11.3 Å². The van der Waals surface area contributed by atoms with E-state index < -0.39 is 28.8 Å². The number of hydrogen-bond acceptors (Lipinski definition) is 7. The number of carboxylic acid groups (broad SMARTS) is 1. The van der Waals surface area contributed by atoms with Gasteiger partial charge in [0, 0.05) is 21.8 Å². The number of benzene rings is 3. The molecule has 0 saturated carbocycles. The Morgan fingerprint density at radius 2 is 1.61 bits per heavy atom. The number of rotatable bonds is 10. The molecular formula is C30H25N3O6S2. The number of thioether (sulfide) groups is 1. The van der Waals surface area contributed by atoms with Crippen molar-refractivity contribution < 1.29 is 29.4 Å². The molecule has 1 aromatic heterocycles. The van der Waals surface area contributed by atoms with Crippen molar-refractivity contribution >= 4 is 64.2 Å². The minimum Gasteiger partial charge on any atom is -0.507 e. The number of carbonyl (C=O) groups excluding carboxylic acids is 3. The molecule has 1 heterocycles. The van der Waals surface area contributed by atoms with Crippen LogP contribution in [-0.2, 0) is 9.59 Å². The topological polar surface area (TPSA) is 145 Å². The van der Waals surface area contributed by atoms with Gasteiger partial charge in [0.1, 0.15) is 17.0 Å². The summed E-state index contributed by atoms with van der Waals surface area (Å²) in [5, 5.41) is 30.1. The first-order valence-electron chi connectivity index (χ1n) is 12.2. The van der Waals surface area contributed by atoms with Crippen LogP contribution in [0.2, 0.25) is 0 Å². The maximum atomic E-state index is 13.1. The Hall–Kier alpha value is -4.87. The Kier molecular flexibility index (Phi) is 9.56. The van der Waals surface area contributed by atoms with Crippen LogP contribution in [0.5, 0.6) is 5.75 Å². The van der Waals surface area contributed by atoms with Gasteiger partial charge in [-0.3, -0.25) is 14.4 Å². The van der Waals surface area contributed by atoms with Crippen molar-refractivity contribution in [3.63, 3.8) is 0 Å². The Morgan fingerprint density at radius 1 is 0.902 bits per heavy atom. The SMILES string of the molecule is CC(Sc1ccc(NC(=O)/C(=C/c2ccsc2)NC(=O)c2ccccc2)cc1)C(=O)Nc1ccc(O)c(C(=O)O)c1. The number of carbonyl (C=O) groups is 4. The molecule has 0 aliphatic heterocycles. The number of carboxylic acids is 1. The number of phenols is 1. The highest BCUT2D eigenvalue weighted by Crippen LogP contribution is 2.27. The molecule has 5 N–H and O–H groups in total. The third-order valence-corrected chi connectivity index (χ3v) is 7.49. The molecule has 1 atom stereocenters. The summed E-state index contributed by atoms with van der Waals surface area (Å²) >= 11 is 2.74. The van der Waals surface area contributed by atoms with E-state index in [-0.39, 0.29) is 22.9 Å². The molecule has 4 rings (SSSR count). The molecule has 0 bridgehead atoms. The summed E-state index contributed by atoms with van der Waals surface area (Å²) in [6, 6.07) is 21.1. The summed E-state index contributed by atoms with van der Waals surface area (Å²) in [5.41, 5.74) is 1.71. The highest BCUT2D eigenvalue weighted by molar-refractivity contribution is 8.00. The number of thiophene rings is 1. The molecule has 3 aromatic carbocycles. The van der Waals surface area contributed by atoms with Crippen molar-refractivity contribution in [3.05, 3.63) is 112 Å². The lowest BCUT2D eigenvalue weighted by Gasteiger charge is -2.14. The molecule has 0 saturated heterocycles. The van der Waals surface area contributed by atoms with Crippen LogP contribution in [0.3, 0.4) is 0 Å². The van der Waals surface area contributed by atoms with Crippen LogP contribution >= 0.6 is 23.1 Å². The first-order chi connectivity index (χ1) is 19.7. The van der Waals surface area contributed by atoms with Gasteiger partial charge in [0.15, 0.2) is 0 Å². The van der Waals surface area contributed by atoms with Crippen LogP contribution in [0.1, 0.15) is 33.2 Å². The van der Waals surface area contributed by atoms with E-state index >= 15 is 0 Å². The second-order valence-electron chi connectivity index (χ2n) is 8.70. The van der Waals surface area contributed by atoms with E-state index in [2.05, 4.69) is 16.0 Å². The van der Waals surface area contributed by atoms with Gasteiger partial charge in [-0.25, -0.2) is 4.79 Å². The molecule has 41 heavy (non-hydrogen) atoms. The molecule has 0 radical (unpaired) electrons. The highest BCUT2D eigenvalue weighted by atomic mass is 32.2. The number of hydrogen-bond donors (Lipinski definition) is 5. The molecule has 0 spiro atoms. The summed E-state index contributed by atoms with van der Waals surface area (Å²) in [4.78, 5) is 50.5. The van der Waals surface area contributed by atoms with Crippen LogP contribution in [0.4, 0.5) is 11.4 Å². The van der Waals surface area contributed by atoms with Crippen molar-refractivity contribution in [2.24, 2.45) is 0 Å². The van der Waals surface area contributed by atoms with Crippen molar-refractivity contribution in [1.82, 2.24) is 5.32 Å². The van der Waals surface area contributed by atoms with Crippen molar-refractivity contribution in [2.45, 2.75) is 17.1 Å². The summed E-state index contributed by atoms with van der Waals surface area (Å²) in [6.45, 7) is 1.70. The molecule has 0 aliphatic rings. The van der Waals surface area contributed by atoms with Crippen LogP contribution in [-0.4, -0.2) is 39.2 Å². The molecule has 11 heteroatoms. The molecule has 0 fully saturated rings. The first-order valence-corrected chi connectivity index (χ1v) is 14.1. The minimum absolute atomic E-state index is 0.0845. The zero-order valence-electron chi connectivity index (χ0n) is 21.7. The third-order valence-electron chi connectivity index (χ3n) is 5.67. The Bertz CT molecular complexity index is 1590. The summed E-state index contributed by atoms with van der Waals surface area (Å²) < 4.78 is 0. The summed E-state index contributed by atoms with van der Waals surface area (Å²) in [5.74, 6) is -2.96. The van der Waals surface area contributed by atoms with Crippen LogP contribution in [0, 0.1) is 0 Å². The van der Waals surface area contributed by atoms with Gasteiger partial charge in [-0.2, -0.15) is 11.3 Å². The molecular weight excluding hydrogens is 562 g/mol. The lowest BCUT2D eigenvalue weighted by molar-refractivity contribution is -0.115. The minimum atomic E-state index is -1.30. The second kappa shape index (κ2) is 13.5. The zero-order valence-corrected chi connectivity index (χ0v) is 23.3. The monoisotopic (exact) mass is 587 g/mol. The molecule has 1 unspecified atom stereocenters. The number of aromatic carboxylic acids is 1. The number of nitrogens with one attached hydrogen (secondary N) is 3. The fourth-order valence-electron chi connectivity index (χ4n) is 3.57. The van der Waals surface area contributed by atoms with E-state index in [1.165, 1.54) is 41.3 Å². The fourth-order valence-corrected chi connectivity index (χ4v) is 5.05. The standard InChI is InChI=1S/C30H25N3O6S2/c1-18(27(35)32-22-9-12-26(34)24(16-22)30(38)39)41-23-10-7-21(8-11-23)31-29(37)25(15-19-13-14-40-17-19)33-28(36)20-5-3-2-4-6-20/h2-18,34H,1H3,(H,31,37)(H,32,35)(H,33,36)(H,38,39)/b25-15-. The predicted octanol–water partition coefficient (Wildman–Crippen LogP) is 5.68. The first kappa shape index (κ1) is 29.1. The molecule has 3 amide bonds. The Morgan fingerprint density at radius 3 is 2.27 bits per heavy atom. The molecule has 9 nitrogen and oxygen atoms in total. The zero-order chi connectivity index (χ0) is 29.4. The Balaban J connectivity index is 1.39. The van der Waals surface area contributed by atoms with Gasteiger partial charge in [0.2, 0.25) is 5.91 Å². The second-order valence-corrected chi connectivity index (χ2v) is 10.9. The van der Waals surface area contributed by atoms with E-state index in [1.54, 1.807) is 67.6 Å². The van der Waals surface area contributed by atoms with Gasteiger partial charge in [-0.1, -0.05) is 18.2 Å². The molecule has 4 aromatic rings. The summed E-state index contributed by atoms with van der Waals surface area (Å²) in [6.07, 6.45) is 1.60. The van der Waals surface area contributed by atoms with Crippen LogP contribution in [0.25, 0.3) is 6.08 Å². The van der Waals surface area contributed by atoms with Gasteiger partial charge in [-0.15, -0.1) is 11.8 Å². The smallest absolute Gasteiger partial charge is 0.339 e. The normalized spacial score (nSPS) is 11.8. The number of aromatic hydroxyl groups is 1.